The average molecular weight is 244 g/mol. The first kappa shape index (κ1) is 12.4. The van der Waals surface area contributed by atoms with E-state index in [0.717, 1.165) is 22.4 Å². The average Bonchev–Trinajstić information content (AvgIpc) is 2.53. The largest absolute Gasteiger partial charge is 0.481 e. The third-order valence-electron chi connectivity index (χ3n) is 3.03. The number of benzene rings is 1. The fourth-order valence-corrected chi connectivity index (χ4v) is 2.12. The number of hydrogen-bond donors (Lipinski definition) is 1. The Morgan fingerprint density at radius 2 is 2.11 bits per heavy atom. The van der Waals surface area contributed by atoms with E-state index in [1.54, 1.807) is 4.68 Å². The van der Waals surface area contributed by atoms with E-state index in [0.29, 0.717) is 5.69 Å². The first-order chi connectivity index (χ1) is 8.49. The van der Waals surface area contributed by atoms with Crippen LogP contribution in [0.15, 0.2) is 24.3 Å². The highest BCUT2D eigenvalue weighted by atomic mass is 16.4. The number of aryl methyl sites for hydroxylation is 2. The summed E-state index contributed by atoms with van der Waals surface area (Å²) in [7, 11) is 1.83. The van der Waals surface area contributed by atoms with Crippen molar-refractivity contribution in [3.63, 3.8) is 0 Å². The van der Waals surface area contributed by atoms with Gasteiger partial charge in [-0.15, -0.1) is 0 Å². The van der Waals surface area contributed by atoms with Gasteiger partial charge in [0.05, 0.1) is 12.1 Å². The second-order valence-electron chi connectivity index (χ2n) is 4.47. The van der Waals surface area contributed by atoms with Gasteiger partial charge >= 0.3 is 5.97 Å². The Bertz CT molecular complexity index is 600. The molecule has 1 aromatic heterocycles. The number of carbonyl (C=O) groups is 1. The van der Waals surface area contributed by atoms with Gasteiger partial charge in [0.2, 0.25) is 0 Å². The SMILES string of the molecule is Cc1cccc(-c2c(CC(=O)O)nn(C)c2C)c1. The van der Waals surface area contributed by atoms with E-state index < -0.39 is 5.97 Å². The monoisotopic (exact) mass is 244 g/mol. The van der Waals surface area contributed by atoms with Crippen molar-refractivity contribution >= 4 is 5.97 Å². The summed E-state index contributed by atoms with van der Waals surface area (Å²) in [5.41, 5.74) is 4.71. The zero-order valence-corrected chi connectivity index (χ0v) is 10.8. The van der Waals surface area contributed by atoms with E-state index in [4.69, 9.17) is 5.11 Å². The molecule has 0 amide bonds. The van der Waals surface area contributed by atoms with Crippen LogP contribution in [0, 0.1) is 13.8 Å². The van der Waals surface area contributed by atoms with Crippen LogP contribution in [0.1, 0.15) is 17.0 Å². The number of carboxylic acids is 1. The van der Waals surface area contributed by atoms with Gasteiger partial charge in [0.25, 0.3) is 0 Å². The summed E-state index contributed by atoms with van der Waals surface area (Å²) in [5.74, 6) is -0.859. The Morgan fingerprint density at radius 1 is 1.39 bits per heavy atom. The third-order valence-corrected chi connectivity index (χ3v) is 3.03. The Labute approximate surface area is 106 Å². The summed E-state index contributed by atoms with van der Waals surface area (Å²) in [6.07, 6.45) is -0.0506. The Morgan fingerprint density at radius 3 is 2.72 bits per heavy atom. The van der Waals surface area contributed by atoms with Crippen molar-refractivity contribution in [3.05, 3.63) is 41.2 Å². The topological polar surface area (TPSA) is 55.1 Å². The zero-order chi connectivity index (χ0) is 13.3. The number of nitrogens with zero attached hydrogens (tertiary/aromatic N) is 2. The van der Waals surface area contributed by atoms with Gasteiger partial charge in [-0.1, -0.05) is 29.8 Å². The minimum absolute atomic E-state index is 0.0506. The van der Waals surface area contributed by atoms with Gasteiger partial charge in [0.15, 0.2) is 0 Å². The van der Waals surface area contributed by atoms with Crippen molar-refractivity contribution in [2.24, 2.45) is 7.05 Å². The second-order valence-corrected chi connectivity index (χ2v) is 4.47. The van der Waals surface area contributed by atoms with E-state index in [-0.39, 0.29) is 6.42 Å². The summed E-state index contributed by atoms with van der Waals surface area (Å²) < 4.78 is 1.73. The molecule has 4 nitrogen and oxygen atoms in total. The van der Waals surface area contributed by atoms with Crippen LogP contribution in [0.5, 0.6) is 0 Å². The number of rotatable bonds is 3. The normalized spacial score (nSPS) is 10.6. The number of aromatic nitrogens is 2. The third kappa shape index (κ3) is 2.27. The molecule has 0 aliphatic carbocycles. The van der Waals surface area contributed by atoms with Crippen LogP contribution < -0.4 is 0 Å². The summed E-state index contributed by atoms with van der Waals surface area (Å²) in [6.45, 7) is 3.97. The highest BCUT2D eigenvalue weighted by Crippen LogP contribution is 2.27. The molecule has 1 N–H and O–H groups in total. The molecule has 0 atom stereocenters. The lowest BCUT2D eigenvalue weighted by Crippen LogP contribution is -2.02. The first-order valence-electron chi connectivity index (χ1n) is 5.80. The molecule has 94 valence electrons. The minimum atomic E-state index is -0.859. The van der Waals surface area contributed by atoms with Crippen molar-refractivity contribution < 1.29 is 9.90 Å². The van der Waals surface area contributed by atoms with Crippen molar-refractivity contribution in [2.75, 3.05) is 0 Å². The predicted molar refractivity (Wildman–Crippen MR) is 69.5 cm³/mol. The van der Waals surface area contributed by atoms with Crippen molar-refractivity contribution in [1.82, 2.24) is 9.78 Å². The molecule has 18 heavy (non-hydrogen) atoms. The van der Waals surface area contributed by atoms with Gasteiger partial charge < -0.3 is 5.11 Å². The first-order valence-corrected chi connectivity index (χ1v) is 5.80. The van der Waals surface area contributed by atoms with Gasteiger partial charge in [-0.2, -0.15) is 5.10 Å². The van der Waals surface area contributed by atoms with Gasteiger partial charge in [0, 0.05) is 18.3 Å². The van der Waals surface area contributed by atoms with Gasteiger partial charge in [-0.25, -0.2) is 0 Å². The second kappa shape index (κ2) is 4.64. The molecule has 0 radical (unpaired) electrons. The highest BCUT2D eigenvalue weighted by Gasteiger charge is 2.17. The van der Waals surface area contributed by atoms with Crippen LogP contribution in [-0.4, -0.2) is 20.9 Å². The lowest BCUT2D eigenvalue weighted by molar-refractivity contribution is -0.136. The fraction of sp³-hybridized carbons (Fsp3) is 0.286. The van der Waals surface area contributed by atoms with Crippen LogP contribution in [0.2, 0.25) is 0 Å². The Kier molecular flexibility index (Phi) is 3.19. The molecule has 4 heteroatoms. The summed E-state index contributed by atoms with van der Waals surface area (Å²) in [4.78, 5) is 10.9. The molecule has 0 aliphatic heterocycles. The maximum absolute atomic E-state index is 10.9. The van der Waals surface area contributed by atoms with Crippen molar-refractivity contribution in [3.8, 4) is 11.1 Å². The molecular weight excluding hydrogens is 228 g/mol. The summed E-state index contributed by atoms with van der Waals surface area (Å²) in [5, 5.41) is 13.2. The van der Waals surface area contributed by atoms with Crippen molar-refractivity contribution in [2.45, 2.75) is 20.3 Å². The highest BCUT2D eigenvalue weighted by molar-refractivity contribution is 5.76. The maximum atomic E-state index is 10.9. The Hall–Kier alpha value is -2.10. The standard InChI is InChI=1S/C14H16N2O2/c1-9-5-4-6-11(7-9)14-10(2)16(3)15-12(14)8-13(17)18/h4-7H,8H2,1-3H3,(H,17,18). The number of aliphatic carboxylic acids is 1. The summed E-state index contributed by atoms with van der Waals surface area (Å²) in [6, 6.07) is 8.03. The number of carboxylic acid groups (broad SMARTS) is 1. The number of hydrogen-bond acceptors (Lipinski definition) is 2. The predicted octanol–water partition coefficient (Wildman–Crippen LogP) is 2.33. The van der Waals surface area contributed by atoms with Gasteiger partial charge in [0.1, 0.15) is 0 Å². The molecule has 0 saturated carbocycles. The van der Waals surface area contributed by atoms with E-state index in [1.165, 1.54) is 0 Å². The van der Waals surface area contributed by atoms with Crippen molar-refractivity contribution in [1.29, 1.82) is 0 Å². The van der Waals surface area contributed by atoms with E-state index >= 15 is 0 Å². The molecule has 2 rings (SSSR count). The molecule has 1 aromatic carbocycles. The van der Waals surface area contributed by atoms with Crippen LogP contribution in [0.4, 0.5) is 0 Å². The maximum Gasteiger partial charge on any atom is 0.309 e. The molecule has 0 bridgehead atoms. The molecule has 0 unspecified atom stereocenters. The van der Waals surface area contributed by atoms with Crippen LogP contribution in [-0.2, 0) is 18.3 Å². The van der Waals surface area contributed by atoms with E-state index in [2.05, 4.69) is 11.2 Å². The van der Waals surface area contributed by atoms with Gasteiger partial charge in [-0.3, -0.25) is 9.48 Å². The quantitative estimate of drug-likeness (QED) is 0.901. The van der Waals surface area contributed by atoms with E-state index in [1.807, 2.05) is 39.1 Å². The lowest BCUT2D eigenvalue weighted by Gasteiger charge is -2.04. The van der Waals surface area contributed by atoms with Crippen LogP contribution in [0.25, 0.3) is 11.1 Å². The molecule has 0 aliphatic rings. The van der Waals surface area contributed by atoms with Crippen LogP contribution in [0.3, 0.4) is 0 Å². The summed E-state index contributed by atoms with van der Waals surface area (Å²) >= 11 is 0. The molecule has 2 aromatic rings. The Balaban J connectivity index is 2.58. The molecule has 0 fully saturated rings. The lowest BCUT2D eigenvalue weighted by atomic mass is 10.0. The zero-order valence-electron chi connectivity index (χ0n) is 10.8. The molecular formula is C14H16N2O2. The van der Waals surface area contributed by atoms with Gasteiger partial charge in [-0.05, 0) is 19.4 Å². The molecule has 0 saturated heterocycles. The molecule has 0 spiro atoms. The minimum Gasteiger partial charge on any atom is -0.481 e. The van der Waals surface area contributed by atoms with E-state index in [9.17, 15) is 4.79 Å². The smallest absolute Gasteiger partial charge is 0.309 e. The fourth-order valence-electron chi connectivity index (χ4n) is 2.12. The molecule has 1 heterocycles. The van der Waals surface area contributed by atoms with Crippen LogP contribution >= 0.6 is 0 Å².